The maximum absolute atomic E-state index is 6.52. The average molecular weight is 501 g/mol. The van der Waals surface area contributed by atoms with E-state index in [0.717, 1.165) is 44.9 Å². The van der Waals surface area contributed by atoms with Gasteiger partial charge in [-0.1, -0.05) is 60.7 Å². The molecular weight excluding hydrogens is 476 g/mol. The number of fused-ring (bicyclic) bond motifs is 4. The first-order valence-electron chi connectivity index (χ1n) is 12.4. The van der Waals surface area contributed by atoms with Crippen molar-refractivity contribution >= 4 is 5.65 Å². The van der Waals surface area contributed by atoms with E-state index < -0.39 is 0 Å². The zero-order chi connectivity index (χ0) is 25.8. The topological polar surface area (TPSA) is 79.4 Å². The molecule has 0 spiro atoms. The molecule has 0 bridgehead atoms. The van der Waals surface area contributed by atoms with Crippen LogP contribution in [0.5, 0.6) is 17.5 Å². The predicted molar refractivity (Wildman–Crippen MR) is 143 cm³/mol. The summed E-state index contributed by atoms with van der Waals surface area (Å²) in [7, 11) is 1.69. The maximum atomic E-state index is 6.52. The van der Waals surface area contributed by atoms with Gasteiger partial charge >= 0.3 is 0 Å². The van der Waals surface area contributed by atoms with E-state index in [2.05, 4.69) is 19.1 Å². The van der Waals surface area contributed by atoms with E-state index >= 15 is 0 Å². The van der Waals surface area contributed by atoms with Crippen molar-refractivity contribution in [1.82, 2.24) is 29.4 Å². The van der Waals surface area contributed by atoms with Crippen molar-refractivity contribution in [2.24, 2.45) is 0 Å². The van der Waals surface area contributed by atoms with Crippen LogP contribution in [0.4, 0.5) is 0 Å². The Kier molecular flexibility index (Phi) is 5.00. The van der Waals surface area contributed by atoms with Crippen molar-refractivity contribution in [3.8, 4) is 34.6 Å². The monoisotopic (exact) mass is 500 g/mol. The second-order valence-electron chi connectivity index (χ2n) is 9.31. The minimum absolute atomic E-state index is 0.285. The summed E-state index contributed by atoms with van der Waals surface area (Å²) in [5.74, 6) is 2.23. The van der Waals surface area contributed by atoms with Gasteiger partial charge < -0.3 is 9.47 Å². The van der Waals surface area contributed by atoms with E-state index in [1.165, 1.54) is 0 Å². The van der Waals surface area contributed by atoms with Gasteiger partial charge in [-0.3, -0.25) is 0 Å². The molecule has 186 valence electrons. The number of benzene rings is 3. The van der Waals surface area contributed by atoms with Crippen LogP contribution in [0.1, 0.15) is 33.9 Å². The van der Waals surface area contributed by atoms with Gasteiger partial charge in [0.1, 0.15) is 12.1 Å². The highest BCUT2D eigenvalue weighted by atomic mass is 16.5. The van der Waals surface area contributed by atoms with Crippen molar-refractivity contribution in [3.63, 3.8) is 0 Å². The van der Waals surface area contributed by atoms with Crippen LogP contribution in [0.15, 0.2) is 85.2 Å². The summed E-state index contributed by atoms with van der Waals surface area (Å²) in [5.41, 5.74) is 7.27. The van der Waals surface area contributed by atoms with Crippen LogP contribution in [-0.2, 0) is 0 Å². The number of methoxy groups -OCH3 is 1. The van der Waals surface area contributed by atoms with Gasteiger partial charge in [0.25, 0.3) is 0 Å². The first-order valence-corrected chi connectivity index (χ1v) is 12.4. The molecule has 8 nitrogen and oxygen atoms in total. The van der Waals surface area contributed by atoms with Gasteiger partial charge in [-0.15, -0.1) is 5.10 Å². The van der Waals surface area contributed by atoms with Crippen molar-refractivity contribution in [2.75, 3.05) is 7.11 Å². The molecular formula is C30H24N6O2. The number of aromatic nitrogens is 6. The summed E-state index contributed by atoms with van der Waals surface area (Å²) in [5, 5.41) is 9.69. The molecule has 0 unspecified atom stereocenters. The number of para-hydroxylation sites is 2. The average Bonchev–Trinajstić information content (AvgIpc) is 3.54. The van der Waals surface area contributed by atoms with Gasteiger partial charge in [0.15, 0.2) is 11.5 Å². The Labute approximate surface area is 219 Å². The van der Waals surface area contributed by atoms with E-state index in [1.807, 2.05) is 78.3 Å². The summed E-state index contributed by atoms with van der Waals surface area (Å²) < 4.78 is 15.9. The Morgan fingerprint density at radius 1 is 0.842 bits per heavy atom. The molecule has 3 aromatic carbocycles. The number of rotatable bonds is 4. The molecule has 0 aliphatic carbocycles. The fourth-order valence-corrected chi connectivity index (χ4v) is 5.28. The lowest BCUT2D eigenvalue weighted by atomic mass is 9.84. The molecule has 0 fully saturated rings. The quantitative estimate of drug-likeness (QED) is 0.300. The number of hydrogen-bond acceptors (Lipinski definition) is 6. The molecule has 7 rings (SSSR count). The Hall–Kier alpha value is -4.98. The van der Waals surface area contributed by atoms with Crippen LogP contribution < -0.4 is 9.47 Å². The molecule has 1 atom stereocenters. The van der Waals surface area contributed by atoms with Crippen LogP contribution in [0.2, 0.25) is 0 Å². The van der Waals surface area contributed by atoms with Gasteiger partial charge in [0.2, 0.25) is 11.8 Å². The molecule has 0 N–H and O–H groups in total. The number of aryl methyl sites for hydroxylation is 2. The van der Waals surface area contributed by atoms with E-state index in [1.54, 1.807) is 18.0 Å². The standard InChI is InChI=1S/C30H24N6O2/c1-18-11-7-8-14-21(18)27-32-28-26-25(22-15-9-10-16-23(22)37-3)24-19(2)33-36(20-12-5-4-6-13-20)30(24)38-29(26)31-17-35(28)34-27/h4-17,25H,1-3H3/t25-/m1/s1. The highest BCUT2D eigenvalue weighted by molar-refractivity contribution is 5.70. The third-order valence-electron chi connectivity index (χ3n) is 7.06. The first kappa shape index (κ1) is 22.2. The smallest absolute Gasteiger partial charge is 0.230 e. The minimum Gasteiger partial charge on any atom is -0.496 e. The molecule has 0 radical (unpaired) electrons. The molecule has 0 saturated carbocycles. The second-order valence-corrected chi connectivity index (χ2v) is 9.31. The first-order chi connectivity index (χ1) is 18.6. The maximum Gasteiger partial charge on any atom is 0.230 e. The molecule has 8 heteroatoms. The van der Waals surface area contributed by atoms with Gasteiger partial charge in [-0.2, -0.15) is 5.10 Å². The lowest BCUT2D eigenvalue weighted by molar-refractivity contribution is 0.393. The second kappa shape index (κ2) is 8.55. The Morgan fingerprint density at radius 2 is 1.61 bits per heavy atom. The lowest BCUT2D eigenvalue weighted by Gasteiger charge is -2.27. The van der Waals surface area contributed by atoms with Gasteiger partial charge in [-0.25, -0.2) is 19.2 Å². The van der Waals surface area contributed by atoms with Crippen LogP contribution >= 0.6 is 0 Å². The van der Waals surface area contributed by atoms with Crippen LogP contribution in [-0.4, -0.2) is 36.5 Å². The molecule has 3 aromatic heterocycles. The summed E-state index contributed by atoms with van der Waals surface area (Å²) in [6.07, 6.45) is 1.66. The molecule has 6 aromatic rings. The summed E-state index contributed by atoms with van der Waals surface area (Å²) in [6.45, 7) is 4.06. The molecule has 1 aliphatic rings. The summed E-state index contributed by atoms with van der Waals surface area (Å²) in [4.78, 5) is 9.73. The van der Waals surface area contributed by atoms with Crippen molar-refractivity contribution < 1.29 is 9.47 Å². The van der Waals surface area contributed by atoms with Crippen molar-refractivity contribution in [1.29, 1.82) is 0 Å². The lowest BCUT2D eigenvalue weighted by Crippen LogP contribution is -2.16. The zero-order valence-corrected chi connectivity index (χ0v) is 21.2. The molecule has 0 saturated heterocycles. The SMILES string of the molecule is COc1ccccc1[C@@H]1c2c(C)nn(-c3ccccc3)c2Oc2ncn3nc(-c4ccccc4C)nc3c21. The number of nitrogens with zero attached hydrogens (tertiary/aromatic N) is 6. The molecule has 4 heterocycles. The van der Waals surface area contributed by atoms with Crippen LogP contribution in [0.3, 0.4) is 0 Å². The van der Waals surface area contributed by atoms with Gasteiger partial charge in [-0.05, 0) is 37.6 Å². The number of ether oxygens (including phenoxy) is 2. The van der Waals surface area contributed by atoms with Crippen LogP contribution in [0, 0.1) is 13.8 Å². The van der Waals surface area contributed by atoms with Gasteiger partial charge in [0.05, 0.1) is 35.5 Å². The van der Waals surface area contributed by atoms with Gasteiger partial charge in [0, 0.05) is 11.1 Å². The third kappa shape index (κ3) is 3.30. The predicted octanol–water partition coefficient (Wildman–Crippen LogP) is 5.89. The summed E-state index contributed by atoms with van der Waals surface area (Å²) in [6, 6.07) is 26.1. The minimum atomic E-state index is -0.285. The Morgan fingerprint density at radius 3 is 2.42 bits per heavy atom. The zero-order valence-electron chi connectivity index (χ0n) is 21.2. The van der Waals surface area contributed by atoms with Crippen molar-refractivity contribution in [3.05, 3.63) is 113 Å². The summed E-state index contributed by atoms with van der Waals surface area (Å²) >= 11 is 0. The Bertz CT molecular complexity index is 1820. The fourth-order valence-electron chi connectivity index (χ4n) is 5.28. The van der Waals surface area contributed by atoms with E-state index in [9.17, 15) is 0 Å². The normalized spacial score (nSPS) is 14.1. The molecule has 0 amide bonds. The highest BCUT2D eigenvalue weighted by Gasteiger charge is 2.39. The molecule has 1 aliphatic heterocycles. The largest absolute Gasteiger partial charge is 0.496 e. The van der Waals surface area contributed by atoms with E-state index in [4.69, 9.17) is 29.6 Å². The van der Waals surface area contributed by atoms with E-state index in [-0.39, 0.29) is 5.92 Å². The van der Waals surface area contributed by atoms with E-state index in [0.29, 0.717) is 23.2 Å². The fraction of sp³-hybridized carbons (Fsp3) is 0.133. The third-order valence-corrected chi connectivity index (χ3v) is 7.06. The highest BCUT2D eigenvalue weighted by Crippen LogP contribution is 2.51. The number of hydrogen-bond donors (Lipinski definition) is 0. The van der Waals surface area contributed by atoms with Crippen LogP contribution in [0.25, 0.3) is 22.7 Å². The molecule has 38 heavy (non-hydrogen) atoms. The van der Waals surface area contributed by atoms with Crippen molar-refractivity contribution in [2.45, 2.75) is 19.8 Å². The Balaban J connectivity index is 1.52.